The summed E-state index contributed by atoms with van der Waals surface area (Å²) < 4.78 is 5.46. The number of nitrogens with one attached hydrogen (secondary N) is 1. The van der Waals surface area contributed by atoms with Crippen molar-refractivity contribution in [3.8, 4) is 17.6 Å². The number of methoxy groups -OCH3 is 1. The Morgan fingerprint density at radius 2 is 1.47 bits per heavy atom. The Hall–Kier alpha value is -4.13. The van der Waals surface area contributed by atoms with Gasteiger partial charge in [-0.25, -0.2) is 0 Å². The fourth-order valence-electron chi connectivity index (χ4n) is 3.92. The zero-order chi connectivity index (χ0) is 23.3. The van der Waals surface area contributed by atoms with Crippen LogP contribution in [0.1, 0.15) is 28.3 Å². The van der Waals surface area contributed by atoms with Gasteiger partial charge in [-0.15, -0.1) is 0 Å². The molecule has 1 aliphatic rings. The van der Waals surface area contributed by atoms with Crippen LogP contribution in [0.15, 0.2) is 109 Å². The lowest BCUT2D eigenvalue weighted by molar-refractivity contribution is 0.414. The van der Waals surface area contributed by atoms with Gasteiger partial charge < -0.3 is 4.74 Å². The smallest absolute Gasteiger partial charge is 0.119 e. The Morgan fingerprint density at radius 1 is 0.794 bits per heavy atom. The molecule has 5 rings (SSSR count). The quantitative estimate of drug-likeness (QED) is 0.335. The molecule has 3 nitrogen and oxygen atoms in total. The number of hydrogen-bond acceptors (Lipinski definition) is 3. The maximum atomic E-state index is 5.95. The minimum Gasteiger partial charge on any atom is -0.497 e. The van der Waals surface area contributed by atoms with Gasteiger partial charge in [-0.05, 0) is 77.9 Å². The highest BCUT2D eigenvalue weighted by Gasteiger charge is 2.27. The maximum Gasteiger partial charge on any atom is 0.119 e. The van der Waals surface area contributed by atoms with E-state index in [2.05, 4.69) is 64.7 Å². The predicted octanol–water partition coefficient (Wildman–Crippen LogP) is 6.86. The lowest BCUT2D eigenvalue weighted by atomic mass is 10.0. The highest BCUT2D eigenvalue weighted by molar-refractivity contribution is 6.30. The third kappa shape index (κ3) is 4.78. The van der Waals surface area contributed by atoms with Gasteiger partial charge in [0.2, 0.25) is 0 Å². The van der Waals surface area contributed by atoms with E-state index in [1.165, 1.54) is 0 Å². The lowest BCUT2D eigenvalue weighted by Crippen LogP contribution is -2.33. The maximum absolute atomic E-state index is 5.95. The van der Waals surface area contributed by atoms with Crippen LogP contribution in [0.25, 0.3) is 5.70 Å². The molecule has 1 N–H and O–H groups in total. The van der Waals surface area contributed by atoms with Crippen LogP contribution in [-0.2, 0) is 0 Å². The average molecular weight is 463 g/mol. The second kappa shape index (κ2) is 9.79. The fourth-order valence-corrected chi connectivity index (χ4v) is 4.05. The van der Waals surface area contributed by atoms with E-state index in [-0.39, 0.29) is 6.04 Å². The van der Waals surface area contributed by atoms with Gasteiger partial charge in [0.1, 0.15) is 5.75 Å². The molecule has 0 bridgehead atoms. The van der Waals surface area contributed by atoms with Gasteiger partial charge in [0, 0.05) is 16.1 Å². The minimum absolute atomic E-state index is 0.0249. The minimum atomic E-state index is 0.0249. The number of para-hydroxylation sites is 1. The van der Waals surface area contributed by atoms with Crippen molar-refractivity contribution >= 4 is 23.0 Å². The van der Waals surface area contributed by atoms with Crippen molar-refractivity contribution in [2.75, 3.05) is 12.1 Å². The van der Waals surface area contributed by atoms with Crippen molar-refractivity contribution in [1.29, 1.82) is 0 Å². The third-order valence-electron chi connectivity index (χ3n) is 5.70. The first-order valence-electron chi connectivity index (χ1n) is 11.0. The lowest BCUT2D eigenvalue weighted by Gasteiger charge is -2.27. The van der Waals surface area contributed by atoms with Gasteiger partial charge in [-0.1, -0.05) is 65.9 Å². The summed E-state index contributed by atoms with van der Waals surface area (Å²) in [6.45, 7) is 0. The molecular weight excluding hydrogens is 440 g/mol. The molecule has 4 aromatic carbocycles. The molecule has 0 radical (unpaired) electrons. The Labute approximate surface area is 205 Å². The van der Waals surface area contributed by atoms with E-state index in [1.54, 1.807) is 7.11 Å². The van der Waals surface area contributed by atoms with Crippen molar-refractivity contribution < 1.29 is 4.74 Å². The number of halogens is 1. The highest BCUT2D eigenvalue weighted by Crippen LogP contribution is 2.36. The van der Waals surface area contributed by atoms with Gasteiger partial charge in [0.25, 0.3) is 0 Å². The van der Waals surface area contributed by atoms with Crippen molar-refractivity contribution in [3.05, 3.63) is 136 Å². The van der Waals surface area contributed by atoms with Gasteiger partial charge in [0.15, 0.2) is 0 Å². The molecule has 4 heteroatoms. The third-order valence-corrected chi connectivity index (χ3v) is 5.96. The molecule has 1 atom stereocenters. The van der Waals surface area contributed by atoms with Crippen molar-refractivity contribution in [2.45, 2.75) is 6.04 Å². The molecule has 0 spiro atoms. The van der Waals surface area contributed by atoms with E-state index < -0.39 is 0 Å². The Balaban J connectivity index is 1.43. The Kier molecular flexibility index (Phi) is 6.25. The van der Waals surface area contributed by atoms with Gasteiger partial charge >= 0.3 is 0 Å². The number of anilines is 1. The Morgan fingerprint density at radius 3 is 2.15 bits per heavy atom. The van der Waals surface area contributed by atoms with Crippen LogP contribution in [0.2, 0.25) is 5.02 Å². The topological polar surface area (TPSA) is 24.5 Å². The first-order valence-corrected chi connectivity index (χ1v) is 11.4. The average Bonchev–Trinajstić information content (AvgIpc) is 3.35. The summed E-state index contributed by atoms with van der Waals surface area (Å²) in [4.78, 5) is 0. The second-order valence-electron chi connectivity index (χ2n) is 7.95. The van der Waals surface area contributed by atoms with Crippen molar-refractivity contribution in [2.24, 2.45) is 0 Å². The Bertz CT molecular complexity index is 1370. The molecule has 0 saturated heterocycles. The number of benzene rings is 4. The molecule has 1 unspecified atom stereocenters. The van der Waals surface area contributed by atoms with Crippen molar-refractivity contribution in [3.63, 3.8) is 0 Å². The molecule has 1 heterocycles. The SMILES string of the molecule is COc1cccc(C2C=C(c3ccc(C#Cc4ccc(Cl)cc4)cc3)NN2c2ccccc2)c1. The molecule has 0 aliphatic carbocycles. The number of rotatable bonds is 4. The molecule has 34 heavy (non-hydrogen) atoms. The zero-order valence-corrected chi connectivity index (χ0v) is 19.5. The number of hydrazine groups is 1. The number of ether oxygens (including phenoxy) is 1. The molecule has 166 valence electrons. The largest absolute Gasteiger partial charge is 0.497 e. The van der Waals surface area contributed by atoms with E-state index in [0.29, 0.717) is 5.02 Å². The van der Waals surface area contributed by atoms with E-state index >= 15 is 0 Å². The monoisotopic (exact) mass is 462 g/mol. The number of hydrogen-bond donors (Lipinski definition) is 1. The van der Waals surface area contributed by atoms with Crippen LogP contribution in [0, 0.1) is 11.8 Å². The molecule has 0 aromatic heterocycles. The van der Waals surface area contributed by atoms with E-state index in [0.717, 1.165) is 39.4 Å². The molecular formula is C30H23ClN2O. The van der Waals surface area contributed by atoms with Crippen LogP contribution >= 0.6 is 11.6 Å². The fraction of sp³-hybridized carbons (Fsp3) is 0.0667. The summed E-state index contributed by atoms with van der Waals surface area (Å²) >= 11 is 5.95. The second-order valence-corrected chi connectivity index (χ2v) is 8.39. The first-order chi connectivity index (χ1) is 16.7. The van der Waals surface area contributed by atoms with Gasteiger partial charge in [0.05, 0.1) is 24.5 Å². The summed E-state index contributed by atoms with van der Waals surface area (Å²) in [6, 6.07) is 34.4. The molecule has 0 saturated carbocycles. The summed E-state index contributed by atoms with van der Waals surface area (Å²) in [6.07, 6.45) is 2.25. The summed E-state index contributed by atoms with van der Waals surface area (Å²) in [7, 11) is 1.69. The molecule has 0 amide bonds. The summed E-state index contributed by atoms with van der Waals surface area (Å²) in [5.41, 5.74) is 9.88. The van der Waals surface area contributed by atoms with Crippen LogP contribution in [-0.4, -0.2) is 7.11 Å². The molecule has 0 fully saturated rings. The van der Waals surface area contributed by atoms with Crippen LogP contribution in [0.5, 0.6) is 5.75 Å². The van der Waals surface area contributed by atoms with Crippen molar-refractivity contribution in [1.82, 2.24) is 5.43 Å². The first kappa shape index (κ1) is 21.7. The standard InChI is InChI=1S/C30H23ClN2O/c1-34-28-9-5-6-25(20-28)30-21-29(32-33(30)27-7-3-2-4-8-27)24-16-12-22(13-17-24)10-11-23-14-18-26(31)19-15-23/h2-9,12-21,30,32H,1H3. The van der Waals surface area contributed by atoms with E-state index in [9.17, 15) is 0 Å². The van der Waals surface area contributed by atoms with E-state index in [1.807, 2.05) is 66.7 Å². The normalized spacial score (nSPS) is 14.6. The van der Waals surface area contributed by atoms with E-state index in [4.69, 9.17) is 16.3 Å². The van der Waals surface area contributed by atoms with Crippen LogP contribution in [0.4, 0.5) is 5.69 Å². The summed E-state index contributed by atoms with van der Waals surface area (Å²) in [5, 5.41) is 2.89. The molecule has 1 aliphatic heterocycles. The van der Waals surface area contributed by atoms with Gasteiger partial charge in [-0.2, -0.15) is 0 Å². The zero-order valence-electron chi connectivity index (χ0n) is 18.7. The highest BCUT2D eigenvalue weighted by atomic mass is 35.5. The summed E-state index contributed by atoms with van der Waals surface area (Å²) in [5.74, 6) is 7.25. The number of nitrogens with zero attached hydrogens (tertiary/aromatic N) is 1. The molecule has 4 aromatic rings. The van der Waals surface area contributed by atoms with Crippen LogP contribution in [0.3, 0.4) is 0 Å². The predicted molar refractivity (Wildman–Crippen MR) is 140 cm³/mol. The van der Waals surface area contributed by atoms with Crippen LogP contribution < -0.4 is 15.2 Å². The van der Waals surface area contributed by atoms with Gasteiger partial charge in [-0.3, -0.25) is 10.4 Å².